The van der Waals surface area contributed by atoms with Crippen molar-refractivity contribution in [1.29, 1.82) is 0 Å². The topological polar surface area (TPSA) is 77.2 Å². The Hall–Kier alpha value is -2.37. The lowest BCUT2D eigenvalue weighted by Crippen LogP contribution is -2.15. The van der Waals surface area contributed by atoms with Crippen LogP contribution in [-0.4, -0.2) is 36.2 Å². The van der Waals surface area contributed by atoms with Crippen molar-refractivity contribution in [1.82, 2.24) is 15.0 Å². The fraction of sp³-hybridized carbons (Fsp3) is 0.357. The lowest BCUT2D eigenvalue weighted by Gasteiger charge is -2.15. The first-order chi connectivity index (χ1) is 9.43. The monoisotopic (exact) mass is 273 g/mol. The van der Waals surface area contributed by atoms with Crippen LogP contribution in [0.3, 0.4) is 0 Å². The summed E-state index contributed by atoms with van der Waals surface area (Å²) in [5.41, 5.74) is 8.80. The molecule has 1 aromatic heterocycles. The molecule has 1 heterocycles. The fourth-order valence-electron chi connectivity index (χ4n) is 1.93. The highest BCUT2D eigenvalue weighted by molar-refractivity contribution is 5.69. The van der Waals surface area contributed by atoms with Crippen molar-refractivity contribution in [2.45, 2.75) is 13.8 Å². The molecule has 0 saturated carbocycles. The Morgan fingerprint density at radius 2 is 1.80 bits per heavy atom. The molecule has 2 aromatic rings. The van der Waals surface area contributed by atoms with Crippen LogP contribution in [0.15, 0.2) is 12.1 Å². The Labute approximate surface area is 118 Å². The second-order valence-electron chi connectivity index (χ2n) is 4.80. The fourth-order valence-corrected chi connectivity index (χ4v) is 1.93. The molecule has 0 radical (unpaired) electrons. The van der Waals surface area contributed by atoms with Gasteiger partial charge in [0.1, 0.15) is 5.75 Å². The van der Waals surface area contributed by atoms with Crippen LogP contribution in [0.5, 0.6) is 5.75 Å². The van der Waals surface area contributed by atoms with E-state index in [9.17, 15) is 0 Å². The summed E-state index contributed by atoms with van der Waals surface area (Å²) >= 11 is 0. The van der Waals surface area contributed by atoms with Crippen LogP contribution >= 0.6 is 0 Å². The molecule has 0 fully saturated rings. The number of nitrogen functional groups attached to an aromatic ring is 1. The van der Waals surface area contributed by atoms with Crippen LogP contribution in [0, 0.1) is 13.8 Å². The van der Waals surface area contributed by atoms with E-state index in [0.717, 1.165) is 22.4 Å². The average molecular weight is 273 g/mol. The molecule has 6 nitrogen and oxygen atoms in total. The summed E-state index contributed by atoms with van der Waals surface area (Å²) in [6.45, 7) is 4.05. The van der Waals surface area contributed by atoms with E-state index in [1.54, 1.807) is 12.0 Å². The molecule has 0 aliphatic rings. The van der Waals surface area contributed by atoms with E-state index in [4.69, 9.17) is 10.5 Å². The van der Waals surface area contributed by atoms with E-state index in [1.807, 2.05) is 40.1 Å². The highest BCUT2D eigenvalue weighted by Gasteiger charge is 2.15. The number of aryl methyl sites for hydroxylation is 1. The molecular weight excluding hydrogens is 254 g/mol. The van der Waals surface area contributed by atoms with Crippen LogP contribution in [0.2, 0.25) is 0 Å². The van der Waals surface area contributed by atoms with Gasteiger partial charge in [0.2, 0.25) is 11.9 Å². The van der Waals surface area contributed by atoms with Gasteiger partial charge in [-0.1, -0.05) is 6.07 Å². The zero-order valence-electron chi connectivity index (χ0n) is 12.4. The number of hydrogen-bond acceptors (Lipinski definition) is 6. The van der Waals surface area contributed by atoms with Gasteiger partial charge in [-0.05, 0) is 31.0 Å². The van der Waals surface area contributed by atoms with Crippen molar-refractivity contribution in [3.63, 3.8) is 0 Å². The van der Waals surface area contributed by atoms with Crippen molar-refractivity contribution in [2.75, 3.05) is 31.8 Å². The SMILES string of the molecule is COc1c(-c2nc(N)nc(N(C)C)n2)ccc(C)c1C. The number of anilines is 2. The van der Waals surface area contributed by atoms with Crippen LogP contribution in [0.25, 0.3) is 11.4 Å². The van der Waals surface area contributed by atoms with Crippen molar-refractivity contribution >= 4 is 11.9 Å². The Bertz CT molecular complexity index is 640. The van der Waals surface area contributed by atoms with Crippen LogP contribution in [0.1, 0.15) is 11.1 Å². The molecule has 1 aromatic carbocycles. The van der Waals surface area contributed by atoms with Gasteiger partial charge in [0.05, 0.1) is 12.7 Å². The Balaban J connectivity index is 2.65. The number of ether oxygens (including phenoxy) is 1. The Morgan fingerprint density at radius 1 is 1.10 bits per heavy atom. The van der Waals surface area contributed by atoms with Crippen molar-refractivity contribution in [3.05, 3.63) is 23.3 Å². The molecule has 0 saturated heterocycles. The van der Waals surface area contributed by atoms with Crippen LogP contribution in [-0.2, 0) is 0 Å². The molecule has 2 rings (SSSR count). The molecule has 0 bridgehead atoms. The maximum Gasteiger partial charge on any atom is 0.230 e. The highest BCUT2D eigenvalue weighted by Crippen LogP contribution is 2.33. The first-order valence-corrected chi connectivity index (χ1v) is 6.27. The molecule has 106 valence electrons. The van der Waals surface area contributed by atoms with E-state index in [-0.39, 0.29) is 5.95 Å². The molecule has 0 aliphatic heterocycles. The summed E-state index contributed by atoms with van der Waals surface area (Å²) in [6.07, 6.45) is 0. The second kappa shape index (κ2) is 5.32. The van der Waals surface area contributed by atoms with Gasteiger partial charge in [0, 0.05) is 14.1 Å². The van der Waals surface area contributed by atoms with Crippen LogP contribution < -0.4 is 15.4 Å². The third kappa shape index (κ3) is 2.49. The van der Waals surface area contributed by atoms with E-state index < -0.39 is 0 Å². The molecule has 0 amide bonds. The lowest BCUT2D eigenvalue weighted by molar-refractivity contribution is 0.412. The minimum absolute atomic E-state index is 0.194. The zero-order valence-corrected chi connectivity index (χ0v) is 12.4. The van der Waals surface area contributed by atoms with Gasteiger partial charge >= 0.3 is 0 Å². The normalized spacial score (nSPS) is 10.4. The molecular formula is C14H19N5O. The summed E-state index contributed by atoms with van der Waals surface area (Å²) < 4.78 is 5.50. The number of benzene rings is 1. The summed E-state index contributed by atoms with van der Waals surface area (Å²) in [4.78, 5) is 14.5. The average Bonchev–Trinajstić information content (AvgIpc) is 2.40. The smallest absolute Gasteiger partial charge is 0.230 e. The third-order valence-electron chi connectivity index (χ3n) is 3.16. The zero-order chi connectivity index (χ0) is 14.9. The standard InChI is InChI=1S/C14H19N5O/c1-8-6-7-10(11(20-5)9(8)2)12-16-13(15)18-14(17-12)19(3)4/h6-7H,1-5H3,(H2,15,16,17,18). The maximum atomic E-state index is 5.76. The van der Waals surface area contributed by atoms with Gasteiger partial charge in [-0.25, -0.2) is 0 Å². The van der Waals surface area contributed by atoms with E-state index in [1.165, 1.54) is 0 Å². The second-order valence-corrected chi connectivity index (χ2v) is 4.80. The Morgan fingerprint density at radius 3 is 2.40 bits per heavy atom. The highest BCUT2D eigenvalue weighted by atomic mass is 16.5. The van der Waals surface area contributed by atoms with Crippen molar-refractivity contribution in [2.24, 2.45) is 0 Å². The van der Waals surface area contributed by atoms with Gasteiger partial charge in [0.25, 0.3) is 0 Å². The van der Waals surface area contributed by atoms with E-state index >= 15 is 0 Å². The third-order valence-corrected chi connectivity index (χ3v) is 3.16. The number of rotatable bonds is 3. The minimum atomic E-state index is 0.194. The van der Waals surface area contributed by atoms with E-state index in [0.29, 0.717) is 11.8 Å². The summed E-state index contributed by atoms with van der Waals surface area (Å²) in [5.74, 6) is 1.99. The van der Waals surface area contributed by atoms with Gasteiger partial charge in [-0.15, -0.1) is 0 Å². The largest absolute Gasteiger partial charge is 0.496 e. The first kappa shape index (κ1) is 14.0. The Kier molecular flexibility index (Phi) is 3.74. The summed E-state index contributed by atoms with van der Waals surface area (Å²) in [6, 6.07) is 3.96. The van der Waals surface area contributed by atoms with Gasteiger partial charge < -0.3 is 15.4 Å². The van der Waals surface area contributed by atoms with Crippen molar-refractivity contribution < 1.29 is 4.74 Å². The number of nitrogens with zero attached hydrogens (tertiary/aromatic N) is 4. The van der Waals surface area contributed by atoms with Crippen LogP contribution in [0.4, 0.5) is 11.9 Å². The molecule has 6 heteroatoms. The number of hydrogen-bond donors (Lipinski definition) is 1. The quantitative estimate of drug-likeness (QED) is 0.919. The number of aromatic nitrogens is 3. The van der Waals surface area contributed by atoms with Gasteiger partial charge in [-0.3, -0.25) is 0 Å². The molecule has 2 N–H and O–H groups in total. The van der Waals surface area contributed by atoms with Crippen molar-refractivity contribution in [3.8, 4) is 17.1 Å². The molecule has 0 aliphatic carbocycles. The first-order valence-electron chi connectivity index (χ1n) is 6.27. The molecule has 0 spiro atoms. The predicted octanol–water partition coefficient (Wildman–Crippen LogP) is 1.81. The number of nitrogens with two attached hydrogens (primary N) is 1. The minimum Gasteiger partial charge on any atom is -0.496 e. The van der Waals surface area contributed by atoms with Gasteiger partial charge in [-0.2, -0.15) is 15.0 Å². The number of methoxy groups -OCH3 is 1. The summed E-state index contributed by atoms with van der Waals surface area (Å²) in [5, 5.41) is 0. The molecule has 0 unspecified atom stereocenters. The molecule has 20 heavy (non-hydrogen) atoms. The van der Waals surface area contributed by atoms with Gasteiger partial charge in [0.15, 0.2) is 5.82 Å². The molecule has 0 atom stereocenters. The maximum absolute atomic E-state index is 5.76. The van der Waals surface area contributed by atoms with E-state index in [2.05, 4.69) is 15.0 Å². The lowest BCUT2D eigenvalue weighted by atomic mass is 10.0. The summed E-state index contributed by atoms with van der Waals surface area (Å²) in [7, 11) is 5.36. The predicted molar refractivity (Wildman–Crippen MR) is 80.0 cm³/mol.